The molecular weight excluding hydrogens is 232 g/mol. The summed E-state index contributed by atoms with van der Waals surface area (Å²) in [6.07, 6.45) is 1.21. The largest absolute Gasteiger partial charge is 0.710 e. The Morgan fingerprint density at radius 1 is 1.62 bits per heavy atom. The van der Waals surface area contributed by atoms with Crippen LogP contribution in [-0.4, -0.2) is 15.6 Å². The van der Waals surface area contributed by atoms with Gasteiger partial charge in [-0.05, 0) is 19.1 Å². The summed E-state index contributed by atoms with van der Waals surface area (Å²) in [6, 6.07) is 3.97. The summed E-state index contributed by atoms with van der Waals surface area (Å²) < 4.78 is 2.02. The van der Waals surface area contributed by atoms with Crippen LogP contribution >= 0.6 is 11.6 Å². The highest BCUT2D eigenvalue weighted by molar-refractivity contribution is 6.31. The van der Waals surface area contributed by atoms with Gasteiger partial charge in [0.1, 0.15) is 0 Å². The molecule has 2 rings (SSSR count). The minimum Gasteiger partial charge on any atom is -0.710 e. The van der Waals surface area contributed by atoms with Crippen molar-refractivity contribution in [3.8, 4) is 0 Å². The third-order valence-corrected chi connectivity index (χ3v) is 2.69. The predicted molar refractivity (Wildman–Crippen MR) is 58.3 cm³/mol. The maximum Gasteiger partial charge on any atom is 0.349 e. The number of hydrogen-bond acceptors (Lipinski definition) is 2. The van der Waals surface area contributed by atoms with E-state index in [0.717, 1.165) is 0 Å². The first-order valence-electron chi connectivity index (χ1n) is 4.63. The molecule has 16 heavy (non-hydrogen) atoms. The van der Waals surface area contributed by atoms with Gasteiger partial charge in [0.15, 0.2) is 17.1 Å². The van der Waals surface area contributed by atoms with E-state index in [2.05, 4.69) is 0 Å². The molecule has 1 unspecified atom stereocenters. The Morgan fingerprint density at radius 2 is 2.31 bits per heavy atom. The van der Waals surface area contributed by atoms with E-state index in [4.69, 9.17) is 16.7 Å². The van der Waals surface area contributed by atoms with E-state index in [0.29, 0.717) is 20.8 Å². The molecule has 0 radical (unpaired) electrons. The highest BCUT2D eigenvalue weighted by Gasteiger charge is 2.23. The lowest BCUT2D eigenvalue weighted by molar-refractivity contribution is -0.578. The van der Waals surface area contributed by atoms with Gasteiger partial charge in [0.25, 0.3) is 0 Å². The minimum absolute atomic E-state index is 0.362. The van der Waals surface area contributed by atoms with Crippen LogP contribution in [0.15, 0.2) is 24.5 Å². The first-order valence-corrected chi connectivity index (χ1v) is 5.00. The fourth-order valence-electron chi connectivity index (χ4n) is 1.56. The Hall–Kier alpha value is -1.75. The van der Waals surface area contributed by atoms with Gasteiger partial charge in [-0.1, -0.05) is 11.6 Å². The Kier molecular flexibility index (Phi) is 2.47. The molecule has 0 aliphatic rings. The van der Waals surface area contributed by atoms with Gasteiger partial charge in [0.05, 0.1) is 0 Å². The van der Waals surface area contributed by atoms with Gasteiger partial charge in [-0.15, -0.1) is 0 Å². The number of aliphatic carboxylic acids is 1. The fourth-order valence-corrected chi connectivity index (χ4v) is 1.72. The second-order valence-corrected chi connectivity index (χ2v) is 3.93. The van der Waals surface area contributed by atoms with Crippen molar-refractivity contribution in [2.24, 2.45) is 0 Å². The number of imidazole rings is 1. The summed E-state index contributed by atoms with van der Waals surface area (Å²) in [4.78, 5) is 10.9. The molecule has 1 N–H and O–H groups in total. The fraction of sp³-hybridized carbons (Fsp3) is 0.200. The Labute approximate surface area is 96.1 Å². The molecule has 0 saturated carbocycles. The summed E-state index contributed by atoms with van der Waals surface area (Å²) in [5.74, 6) is -0.993. The maximum absolute atomic E-state index is 11.5. The molecule has 0 bridgehead atoms. The number of hydrogen-bond donors (Lipinski definition) is 1. The Balaban J connectivity index is 2.68. The third kappa shape index (κ3) is 1.59. The van der Waals surface area contributed by atoms with Crippen molar-refractivity contribution in [1.29, 1.82) is 0 Å². The van der Waals surface area contributed by atoms with Gasteiger partial charge in [-0.2, -0.15) is 0 Å². The predicted octanol–water partition coefficient (Wildman–Crippen LogP) is 1.57. The van der Waals surface area contributed by atoms with Crippen LogP contribution in [0.25, 0.3) is 11.0 Å². The Morgan fingerprint density at radius 3 is 2.94 bits per heavy atom. The molecule has 5 nitrogen and oxygen atoms in total. The monoisotopic (exact) mass is 240 g/mol. The van der Waals surface area contributed by atoms with Crippen molar-refractivity contribution in [1.82, 2.24) is 4.57 Å². The number of rotatable bonds is 2. The molecule has 0 saturated heterocycles. The second-order valence-electron chi connectivity index (χ2n) is 3.50. The van der Waals surface area contributed by atoms with Crippen molar-refractivity contribution in [3.05, 3.63) is 34.8 Å². The molecule has 6 heteroatoms. The van der Waals surface area contributed by atoms with Gasteiger partial charge in [-0.25, -0.2) is 14.1 Å². The molecule has 1 aromatic heterocycles. The van der Waals surface area contributed by atoms with Crippen LogP contribution in [0.5, 0.6) is 0 Å². The summed E-state index contributed by atoms with van der Waals surface area (Å²) in [7, 11) is 0. The average Bonchev–Trinajstić information content (AvgIpc) is 2.55. The number of nitrogens with zero attached hydrogens (tertiary/aromatic N) is 2. The molecule has 0 amide bonds. The van der Waals surface area contributed by atoms with E-state index in [9.17, 15) is 10.0 Å². The highest BCUT2D eigenvalue weighted by Crippen LogP contribution is 2.20. The molecule has 0 aliphatic carbocycles. The lowest BCUT2D eigenvalue weighted by Crippen LogP contribution is -2.24. The molecule has 1 aromatic carbocycles. The molecule has 1 atom stereocenters. The number of carboxylic acid groups (broad SMARTS) is 1. The number of fused-ring (bicyclic) bond motifs is 1. The first kappa shape index (κ1) is 10.8. The van der Waals surface area contributed by atoms with E-state index in [1.807, 2.05) is 0 Å². The van der Waals surface area contributed by atoms with E-state index in [1.54, 1.807) is 12.1 Å². The highest BCUT2D eigenvalue weighted by atomic mass is 35.5. The normalized spacial score (nSPS) is 12.9. The summed E-state index contributed by atoms with van der Waals surface area (Å²) in [6.45, 7) is 1.51. The number of carbonyl (C=O) groups is 1. The van der Waals surface area contributed by atoms with Crippen molar-refractivity contribution in [2.75, 3.05) is 0 Å². The van der Waals surface area contributed by atoms with Gasteiger partial charge >= 0.3 is 5.97 Å². The molecule has 0 fully saturated rings. The number of benzene rings is 1. The van der Waals surface area contributed by atoms with Gasteiger partial charge in [0, 0.05) is 11.1 Å². The van der Waals surface area contributed by atoms with Crippen molar-refractivity contribution in [2.45, 2.75) is 13.0 Å². The van der Waals surface area contributed by atoms with E-state index < -0.39 is 12.0 Å². The standard InChI is InChI=1S/C10H9ClN2O3/c1-6(10(14)15)12-5-13(16)9-4-7(11)2-3-8(9)12/h2-6H,1H3,(H,14,15). The van der Waals surface area contributed by atoms with Gasteiger partial charge < -0.3 is 10.3 Å². The number of aromatic nitrogens is 2. The molecule has 2 aromatic rings. The minimum atomic E-state index is -0.993. The topological polar surface area (TPSA) is 69.2 Å². The zero-order valence-electron chi connectivity index (χ0n) is 8.42. The average molecular weight is 241 g/mol. The maximum atomic E-state index is 11.5. The van der Waals surface area contributed by atoms with Crippen LogP contribution in [0.1, 0.15) is 13.0 Å². The van der Waals surface area contributed by atoms with Crippen LogP contribution in [-0.2, 0) is 4.79 Å². The lowest BCUT2D eigenvalue weighted by atomic mass is 10.3. The van der Waals surface area contributed by atoms with Crippen LogP contribution in [0, 0.1) is 5.21 Å². The van der Waals surface area contributed by atoms with Crippen LogP contribution in [0.4, 0.5) is 0 Å². The third-order valence-electron chi connectivity index (χ3n) is 2.46. The smallest absolute Gasteiger partial charge is 0.349 e. The summed E-state index contributed by atoms with van der Waals surface area (Å²) in [5, 5.41) is 20.9. The van der Waals surface area contributed by atoms with Crippen molar-refractivity contribution < 1.29 is 14.6 Å². The zero-order valence-corrected chi connectivity index (χ0v) is 9.18. The lowest BCUT2D eigenvalue weighted by Gasteiger charge is -2.01. The van der Waals surface area contributed by atoms with Gasteiger partial charge in [-0.3, -0.25) is 0 Å². The molecule has 0 spiro atoms. The van der Waals surface area contributed by atoms with Crippen molar-refractivity contribution >= 4 is 28.6 Å². The second kappa shape index (κ2) is 3.68. The molecule has 1 heterocycles. The first-order chi connectivity index (χ1) is 7.50. The number of halogens is 1. The van der Waals surface area contributed by atoms with Crippen molar-refractivity contribution in [3.63, 3.8) is 0 Å². The van der Waals surface area contributed by atoms with Crippen LogP contribution in [0.2, 0.25) is 5.02 Å². The van der Waals surface area contributed by atoms with E-state index in [-0.39, 0.29) is 0 Å². The Bertz CT molecular complexity index is 564. The number of carboxylic acids is 1. The molecular formula is C10H9ClN2O3. The summed E-state index contributed by atoms with van der Waals surface area (Å²) >= 11 is 5.76. The van der Waals surface area contributed by atoms with Crippen LogP contribution in [0.3, 0.4) is 0 Å². The zero-order chi connectivity index (χ0) is 11.9. The van der Waals surface area contributed by atoms with Crippen LogP contribution < -0.4 is 4.73 Å². The summed E-state index contributed by atoms with van der Waals surface area (Å²) in [5.41, 5.74) is 0.912. The van der Waals surface area contributed by atoms with E-state index in [1.165, 1.54) is 23.9 Å². The molecule has 84 valence electrons. The van der Waals surface area contributed by atoms with Gasteiger partial charge in [0.2, 0.25) is 6.33 Å². The SMILES string of the molecule is CC(C(=O)O)n1c[n+]([O-])c2cc(Cl)ccc21. The molecule has 0 aliphatic heterocycles. The quantitative estimate of drug-likeness (QED) is 0.640. The van der Waals surface area contributed by atoms with E-state index >= 15 is 0 Å².